The smallest absolute Gasteiger partial charge is 0.226 e. The summed E-state index contributed by atoms with van der Waals surface area (Å²) >= 11 is 0. The van der Waals surface area contributed by atoms with E-state index in [9.17, 15) is 0 Å². The number of aromatic nitrogens is 2. The zero-order valence-electron chi connectivity index (χ0n) is 13.0. The number of aryl methyl sites for hydroxylation is 1. The summed E-state index contributed by atoms with van der Waals surface area (Å²) in [6.45, 7) is 9.99. The number of rotatable bonds is 8. The van der Waals surface area contributed by atoms with E-state index in [1.165, 1.54) is 0 Å². The standard InChI is InChI=1S/C14H27N5O/c1-10(2)7-9-17-14(15)16-8-5-6-12-18-13(11(3)4)19-20-12/h10-11H,5-9H2,1-4H3,(H3,15,16,17). The molecule has 6 heteroatoms. The molecule has 0 radical (unpaired) electrons. The van der Waals surface area contributed by atoms with Gasteiger partial charge in [0.05, 0.1) is 0 Å². The molecule has 0 aliphatic heterocycles. The predicted molar refractivity (Wildman–Crippen MR) is 80.7 cm³/mol. The van der Waals surface area contributed by atoms with Gasteiger partial charge in [-0.25, -0.2) is 0 Å². The topological polar surface area (TPSA) is 89.3 Å². The fraction of sp³-hybridized carbons (Fsp3) is 0.786. The molecule has 0 bridgehead atoms. The van der Waals surface area contributed by atoms with Gasteiger partial charge in [0.25, 0.3) is 0 Å². The first-order valence-corrected chi connectivity index (χ1v) is 7.35. The summed E-state index contributed by atoms with van der Waals surface area (Å²) in [7, 11) is 0. The zero-order valence-corrected chi connectivity index (χ0v) is 13.0. The second kappa shape index (κ2) is 8.55. The molecule has 3 N–H and O–H groups in total. The third-order valence-electron chi connectivity index (χ3n) is 2.86. The van der Waals surface area contributed by atoms with E-state index >= 15 is 0 Å². The largest absolute Gasteiger partial charge is 0.370 e. The van der Waals surface area contributed by atoms with Gasteiger partial charge in [-0.2, -0.15) is 4.98 Å². The van der Waals surface area contributed by atoms with E-state index in [2.05, 4.69) is 34.3 Å². The second-order valence-electron chi connectivity index (χ2n) is 5.68. The van der Waals surface area contributed by atoms with Crippen molar-refractivity contribution in [2.24, 2.45) is 16.6 Å². The molecule has 0 aliphatic rings. The summed E-state index contributed by atoms with van der Waals surface area (Å²) in [4.78, 5) is 8.59. The molecule has 1 aromatic heterocycles. The Labute approximate surface area is 121 Å². The fourth-order valence-electron chi connectivity index (χ4n) is 1.58. The molecule has 0 aromatic carbocycles. The molecular weight excluding hydrogens is 254 g/mol. The van der Waals surface area contributed by atoms with Crippen molar-refractivity contribution in [3.8, 4) is 0 Å². The molecule has 1 rings (SSSR count). The molecule has 0 unspecified atom stereocenters. The molecule has 0 aliphatic carbocycles. The maximum absolute atomic E-state index is 5.77. The average Bonchev–Trinajstić information content (AvgIpc) is 2.83. The minimum Gasteiger partial charge on any atom is -0.370 e. The van der Waals surface area contributed by atoms with Gasteiger partial charge < -0.3 is 15.6 Å². The Kier molecular flexibility index (Phi) is 7.04. The van der Waals surface area contributed by atoms with Crippen molar-refractivity contribution >= 4 is 5.96 Å². The molecule has 0 saturated carbocycles. The van der Waals surface area contributed by atoms with Crippen LogP contribution in [0.25, 0.3) is 0 Å². The number of guanidine groups is 1. The van der Waals surface area contributed by atoms with Gasteiger partial charge in [-0.05, 0) is 18.8 Å². The highest BCUT2D eigenvalue weighted by Gasteiger charge is 2.08. The molecule has 6 nitrogen and oxygen atoms in total. The number of aliphatic imine (C=N–C) groups is 1. The van der Waals surface area contributed by atoms with Gasteiger partial charge in [0, 0.05) is 25.4 Å². The third kappa shape index (κ3) is 6.54. The van der Waals surface area contributed by atoms with Gasteiger partial charge in [-0.1, -0.05) is 32.9 Å². The van der Waals surface area contributed by atoms with Crippen LogP contribution in [0.5, 0.6) is 0 Å². The van der Waals surface area contributed by atoms with Crippen LogP contribution in [0.4, 0.5) is 0 Å². The minimum atomic E-state index is 0.298. The number of nitrogens with two attached hydrogens (primary N) is 1. The lowest BCUT2D eigenvalue weighted by Crippen LogP contribution is -2.33. The van der Waals surface area contributed by atoms with E-state index in [0.29, 0.717) is 30.2 Å². The predicted octanol–water partition coefficient (Wildman–Crippen LogP) is 2.08. The Morgan fingerprint density at radius 3 is 2.70 bits per heavy atom. The van der Waals surface area contributed by atoms with Gasteiger partial charge in [-0.15, -0.1) is 0 Å². The van der Waals surface area contributed by atoms with Gasteiger partial charge in [-0.3, -0.25) is 4.99 Å². The van der Waals surface area contributed by atoms with Gasteiger partial charge in [0.15, 0.2) is 11.8 Å². The van der Waals surface area contributed by atoms with Crippen molar-refractivity contribution in [3.63, 3.8) is 0 Å². The van der Waals surface area contributed by atoms with E-state index in [4.69, 9.17) is 10.3 Å². The fourth-order valence-corrected chi connectivity index (χ4v) is 1.58. The van der Waals surface area contributed by atoms with E-state index < -0.39 is 0 Å². The highest BCUT2D eigenvalue weighted by molar-refractivity contribution is 5.77. The summed E-state index contributed by atoms with van der Waals surface area (Å²) in [6.07, 6.45) is 2.69. The zero-order chi connectivity index (χ0) is 15.0. The van der Waals surface area contributed by atoms with Gasteiger partial charge in [0.2, 0.25) is 5.89 Å². The maximum atomic E-state index is 5.77. The lowest BCUT2D eigenvalue weighted by atomic mass is 10.1. The van der Waals surface area contributed by atoms with E-state index in [1.807, 2.05) is 13.8 Å². The van der Waals surface area contributed by atoms with Crippen molar-refractivity contribution in [2.75, 3.05) is 13.1 Å². The Morgan fingerprint density at radius 2 is 2.10 bits per heavy atom. The van der Waals surface area contributed by atoms with E-state index in [1.54, 1.807) is 0 Å². The monoisotopic (exact) mass is 281 g/mol. The lowest BCUT2D eigenvalue weighted by Gasteiger charge is -2.07. The summed E-state index contributed by atoms with van der Waals surface area (Å²) in [5.41, 5.74) is 5.77. The molecular formula is C14H27N5O. The molecule has 0 saturated heterocycles. The number of nitrogens with one attached hydrogen (secondary N) is 1. The third-order valence-corrected chi connectivity index (χ3v) is 2.86. The highest BCUT2D eigenvalue weighted by Crippen LogP contribution is 2.10. The Morgan fingerprint density at radius 1 is 1.35 bits per heavy atom. The Hall–Kier alpha value is -1.59. The quantitative estimate of drug-likeness (QED) is 0.432. The Balaban J connectivity index is 2.19. The normalized spacial score (nSPS) is 12.4. The number of nitrogens with zero attached hydrogens (tertiary/aromatic N) is 3. The van der Waals surface area contributed by atoms with Crippen LogP contribution in [0.3, 0.4) is 0 Å². The van der Waals surface area contributed by atoms with E-state index in [0.717, 1.165) is 31.6 Å². The summed E-state index contributed by atoms with van der Waals surface area (Å²) < 4.78 is 5.17. The van der Waals surface area contributed by atoms with Crippen molar-refractivity contribution in [1.82, 2.24) is 15.5 Å². The van der Waals surface area contributed by atoms with Crippen molar-refractivity contribution in [2.45, 2.75) is 52.9 Å². The summed E-state index contributed by atoms with van der Waals surface area (Å²) in [6, 6.07) is 0. The minimum absolute atomic E-state index is 0.298. The van der Waals surface area contributed by atoms with Crippen LogP contribution in [0.15, 0.2) is 9.52 Å². The lowest BCUT2D eigenvalue weighted by molar-refractivity contribution is 0.369. The van der Waals surface area contributed by atoms with Crippen LogP contribution in [0, 0.1) is 5.92 Å². The van der Waals surface area contributed by atoms with Crippen LogP contribution < -0.4 is 11.1 Å². The Bertz CT molecular complexity index is 411. The molecule has 0 fully saturated rings. The maximum Gasteiger partial charge on any atom is 0.226 e. The van der Waals surface area contributed by atoms with E-state index in [-0.39, 0.29) is 0 Å². The van der Waals surface area contributed by atoms with Crippen molar-refractivity contribution in [1.29, 1.82) is 0 Å². The molecule has 20 heavy (non-hydrogen) atoms. The molecule has 0 spiro atoms. The van der Waals surface area contributed by atoms with Crippen LogP contribution in [0.1, 0.15) is 58.2 Å². The summed E-state index contributed by atoms with van der Waals surface area (Å²) in [5, 5.41) is 7.04. The first-order chi connectivity index (χ1) is 9.49. The number of hydrogen-bond donors (Lipinski definition) is 2. The number of hydrogen-bond acceptors (Lipinski definition) is 4. The van der Waals surface area contributed by atoms with Crippen LogP contribution >= 0.6 is 0 Å². The first-order valence-electron chi connectivity index (χ1n) is 7.35. The molecule has 1 aromatic rings. The average molecular weight is 281 g/mol. The molecule has 1 heterocycles. The second-order valence-corrected chi connectivity index (χ2v) is 5.68. The van der Waals surface area contributed by atoms with Crippen LogP contribution in [-0.4, -0.2) is 29.2 Å². The first kappa shape index (κ1) is 16.5. The molecule has 0 atom stereocenters. The van der Waals surface area contributed by atoms with Gasteiger partial charge >= 0.3 is 0 Å². The molecule has 114 valence electrons. The van der Waals surface area contributed by atoms with Crippen molar-refractivity contribution in [3.05, 3.63) is 11.7 Å². The molecule has 0 amide bonds. The SMILES string of the molecule is CC(C)CCNC(N)=NCCCc1nc(C(C)C)no1. The van der Waals surface area contributed by atoms with Crippen LogP contribution in [-0.2, 0) is 6.42 Å². The summed E-state index contributed by atoms with van der Waals surface area (Å²) in [5.74, 6) is 2.92. The van der Waals surface area contributed by atoms with Crippen LogP contribution in [0.2, 0.25) is 0 Å². The van der Waals surface area contributed by atoms with Crippen molar-refractivity contribution < 1.29 is 4.52 Å². The highest BCUT2D eigenvalue weighted by atomic mass is 16.5. The van der Waals surface area contributed by atoms with Gasteiger partial charge in [0.1, 0.15) is 0 Å².